The number of aryl methyl sites for hydroxylation is 2. The van der Waals surface area contributed by atoms with E-state index in [0.29, 0.717) is 0 Å². The van der Waals surface area contributed by atoms with Crippen LogP contribution in [0.5, 0.6) is 0 Å². The fourth-order valence-corrected chi connectivity index (χ4v) is 3.73. The minimum Gasteiger partial charge on any atom is -0.399 e. The average molecular weight is 349 g/mol. The number of benzene rings is 2. The van der Waals surface area contributed by atoms with E-state index in [1.165, 1.54) is 35.2 Å². The van der Waals surface area contributed by atoms with Gasteiger partial charge in [0.05, 0.1) is 0 Å². The summed E-state index contributed by atoms with van der Waals surface area (Å²) in [5, 5.41) is 0. The molecule has 0 atom stereocenters. The molecular formula is C18H24N2OS2. The Balaban J connectivity index is 1.94. The Morgan fingerprint density at radius 1 is 0.783 bits per heavy atom. The highest BCUT2D eigenvalue weighted by molar-refractivity contribution is 8.07. The van der Waals surface area contributed by atoms with Crippen molar-refractivity contribution in [1.82, 2.24) is 0 Å². The summed E-state index contributed by atoms with van der Waals surface area (Å²) in [6.07, 6.45) is 4.15. The number of hydrogen-bond acceptors (Lipinski definition) is 5. The molecule has 0 aromatic heterocycles. The van der Waals surface area contributed by atoms with Crippen molar-refractivity contribution in [2.45, 2.75) is 49.3 Å². The highest BCUT2D eigenvalue weighted by Crippen LogP contribution is 2.32. The van der Waals surface area contributed by atoms with Gasteiger partial charge in [-0.25, -0.2) is 3.63 Å². The fraction of sp³-hybridized carbons (Fsp3) is 0.333. The van der Waals surface area contributed by atoms with Gasteiger partial charge < -0.3 is 11.5 Å². The van der Waals surface area contributed by atoms with Crippen molar-refractivity contribution in [2.24, 2.45) is 0 Å². The van der Waals surface area contributed by atoms with E-state index in [1.54, 1.807) is 0 Å². The lowest BCUT2D eigenvalue weighted by Gasteiger charge is -2.08. The second-order valence-electron chi connectivity index (χ2n) is 5.46. The van der Waals surface area contributed by atoms with Crippen LogP contribution in [0.2, 0.25) is 0 Å². The summed E-state index contributed by atoms with van der Waals surface area (Å²) >= 11 is 2.73. The molecule has 0 amide bonds. The van der Waals surface area contributed by atoms with Crippen LogP contribution in [0.1, 0.15) is 37.8 Å². The summed E-state index contributed by atoms with van der Waals surface area (Å²) < 4.78 is 5.70. The van der Waals surface area contributed by atoms with Crippen molar-refractivity contribution in [2.75, 3.05) is 11.5 Å². The third-order valence-electron chi connectivity index (χ3n) is 3.53. The predicted molar refractivity (Wildman–Crippen MR) is 102 cm³/mol. The van der Waals surface area contributed by atoms with Gasteiger partial charge >= 0.3 is 0 Å². The molecule has 0 aliphatic carbocycles. The zero-order chi connectivity index (χ0) is 16.7. The largest absolute Gasteiger partial charge is 0.399 e. The summed E-state index contributed by atoms with van der Waals surface area (Å²) in [6.45, 7) is 4.31. The minimum absolute atomic E-state index is 0.853. The molecule has 0 fully saturated rings. The van der Waals surface area contributed by atoms with Crippen LogP contribution in [0, 0.1) is 0 Å². The molecule has 0 heterocycles. The van der Waals surface area contributed by atoms with E-state index in [1.807, 2.05) is 24.3 Å². The Kier molecular flexibility index (Phi) is 7.15. The lowest BCUT2D eigenvalue weighted by Crippen LogP contribution is -1.94. The van der Waals surface area contributed by atoms with Gasteiger partial charge in [0.25, 0.3) is 0 Å². The number of rotatable bonds is 8. The molecule has 0 bridgehead atoms. The summed E-state index contributed by atoms with van der Waals surface area (Å²) in [6, 6.07) is 12.1. The van der Waals surface area contributed by atoms with Crippen molar-refractivity contribution in [1.29, 1.82) is 0 Å². The number of anilines is 2. The highest BCUT2D eigenvalue weighted by Gasteiger charge is 2.05. The van der Waals surface area contributed by atoms with Crippen LogP contribution in [0.3, 0.4) is 0 Å². The van der Waals surface area contributed by atoms with Gasteiger partial charge in [0.1, 0.15) is 0 Å². The molecule has 0 saturated heterocycles. The average Bonchev–Trinajstić information content (AvgIpc) is 2.54. The van der Waals surface area contributed by atoms with Gasteiger partial charge in [-0.15, -0.1) is 0 Å². The second kappa shape index (κ2) is 9.11. The standard InChI is InChI=1S/C18H24N2OS2/c1-3-5-13-11-15(7-9-17(13)19)22-21-23-16-8-10-18(20)14(12-16)6-4-2/h7-12H,3-6,19-20H2,1-2H3. The van der Waals surface area contributed by atoms with Crippen LogP contribution in [0.25, 0.3) is 0 Å². The summed E-state index contributed by atoms with van der Waals surface area (Å²) in [5.41, 5.74) is 16.0. The van der Waals surface area contributed by atoms with Crippen LogP contribution < -0.4 is 11.5 Å². The highest BCUT2D eigenvalue weighted by atomic mass is 32.2. The zero-order valence-corrected chi connectivity index (χ0v) is 15.3. The lowest BCUT2D eigenvalue weighted by atomic mass is 10.1. The maximum atomic E-state index is 5.99. The smallest absolute Gasteiger partial charge is 0.0447 e. The van der Waals surface area contributed by atoms with Crippen molar-refractivity contribution in [3.8, 4) is 0 Å². The van der Waals surface area contributed by atoms with Gasteiger partial charge in [0, 0.05) is 45.3 Å². The molecule has 2 rings (SSSR count). The number of nitrogen functional groups attached to an aromatic ring is 2. The Hall–Kier alpha value is -1.30. The molecule has 2 aromatic carbocycles. The first-order chi connectivity index (χ1) is 11.1. The molecule has 0 spiro atoms. The van der Waals surface area contributed by atoms with Crippen molar-refractivity contribution in [3.63, 3.8) is 0 Å². The maximum Gasteiger partial charge on any atom is 0.0447 e. The molecule has 124 valence electrons. The summed E-state index contributed by atoms with van der Waals surface area (Å²) in [7, 11) is 0. The molecule has 0 aliphatic rings. The van der Waals surface area contributed by atoms with Gasteiger partial charge in [0.2, 0.25) is 0 Å². The van der Waals surface area contributed by atoms with Gasteiger partial charge in [0.15, 0.2) is 0 Å². The lowest BCUT2D eigenvalue weighted by molar-refractivity contribution is 0.756. The van der Waals surface area contributed by atoms with Crippen LogP contribution >= 0.6 is 24.1 Å². The maximum absolute atomic E-state index is 5.99. The van der Waals surface area contributed by atoms with E-state index in [9.17, 15) is 0 Å². The van der Waals surface area contributed by atoms with E-state index >= 15 is 0 Å². The van der Waals surface area contributed by atoms with E-state index in [-0.39, 0.29) is 0 Å². The van der Waals surface area contributed by atoms with E-state index in [2.05, 4.69) is 26.0 Å². The SMILES string of the molecule is CCCc1cc(SOSc2ccc(N)c(CCC)c2)ccc1N. The van der Waals surface area contributed by atoms with Gasteiger partial charge in [-0.2, -0.15) is 0 Å². The first-order valence-electron chi connectivity index (χ1n) is 7.92. The second-order valence-corrected chi connectivity index (χ2v) is 7.28. The molecule has 0 radical (unpaired) electrons. The Morgan fingerprint density at radius 2 is 1.22 bits per heavy atom. The normalized spacial score (nSPS) is 10.9. The molecular weight excluding hydrogens is 324 g/mol. The number of hydrogen-bond donors (Lipinski definition) is 2. The predicted octanol–water partition coefficient (Wildman–Crippen LogP) is 5.49. The zero-order valence-electron chi connectivity index (χ0n) is 13.7. The Morgan fingerprint density at radius 3 is 1.61 bits per heavy atom. The van der Waals surface area contributed by atoms with E-state index in [0.717, 1.165) is 46.8 Å². The molecule has 5 heteroatoms. The third-order valence-corrected chi connectivity index (χ3v) is 4.97. The molecule has 23 heavy (non-hydrogen) atoms. The van der Waals surface area contributed by atoms with Gasteiger partial charge in [-0.3, -0.25) is 0 Å². The van der Waals surface area contributed by atoms with Crippen LogP contribution in [0.4, 0.5) is 11.4 Å². The van der Waals surface area contributed by atoms with Crippen LogP contribution in [-0.4, -0.2) is 0 Å². The van der Waals surface area contributed by atoms with Crippen molar-refractivity contribution in [3.05, 3.63) is 47.5 Å². The molecule has 0 aliphatic heterocycles. The molecule has 4 N–H and O–H groups in total. The summed E-state index contributed by atoms with van der Waals surface area (Å²) in [4.78, 5) is 2.14. The van der Waals surface area contributed by atoms with Gasteiger partial charge in [-0.05, 0) is 60.4 Å². The van der Waals surface area contributed by atoms with Gasteiger partial charge in [-0.1, -0.05) is 26.7 Å². The Bertz CT molecular complexity index is 591. The molecule has 2 aromatic rings. The molecule has 0 unspecified atom stereocenters. The molecule has 0 saturated carbocycles. The Labute approximate surface area is 147 Å². The first-order valence-corrected chi connectivity index (χ1v) is 9.40. The van der Waals surface area contributed by atoms with Crippen molar-refractivity contribution < 1.29 is 3.63 Å². The van der Waals surface area contributed by atoms with Crippen LogP contribution in [0.15, 0.2) is 46.2 Å². The van der Waals surface area contributed by atoms with Crippen LogP contribution in [-0.2, 0) is 16.5 Å². The topological polar surface area (TPSA) is 61.3 Å². The summed E-state index contributed by atoms with van der Waals surface area (Å²) in [5.74, 6) is 0. The minimum atomic E-state index is 0.853. The van der Waals surface area contributed by atoms with E-state index < -0.39 is 0 Å². The fourth-order valence-electron chi connectivity index (χ4n) is 2.34. The number of nitrogens with two attached hydrogens (primary N) is 2. The monoisotopic (exact) mass is 348 g/mol. The third kappa shape index (κ3) is 5.37. The van der Waals surface area contributed by atoms with E-state index in [4.69, 9.17) is 15.1 Å². The molecule has 3 nitrogen and oxygen atoms in total. The van der Waals surface area contributed by atoms with Crippen molar-refractivity contribution >= 4 is 35.5 Å². The first kappa shape index (κ1) is 18.0. The quantitative estimate of drug-likeness (QED) is 0.488.